The van der Waals surface area contributed by atoms with E-state index in [4.69, 9.17) is 11.6 Å². The number of aromatic nitrogens is 3. The SMILES string of the molecule is CC(C)c1nc(Cl)cc(NCC(C)c2nccs2)n1. The minimum absolute atomic E-state index is 0.260. The van der Waals surface area contributed by atoms with Gasteiger partial charge in [0, 0.05) is 36.0 Å². The van der Waals surface area contributed by atoms with E-state index in [2.05, 4.69) is 27.2 Å². The number of anilines is 1. The van der Waals surface area contributed by atoms with Crippen LogP contribution in [0.25, 0.3) is 0 Å². The number of halogens is 1. The Bertz CT molecular complexity index is 527. The second-order valence-electron chi connectivity index (χ2n) is 4.74. The van der Waals surface area contributed by atoms with Crippen LogP contribution in [0.15, 0.2) is 17.6 Å². The fourth-order valence-electron chi connectivity index (χ4n) is 1.61. The maximum atomic E-state index is 6.01. The molecule has 0 aliphatic carbocycles. The normalized spacial score (nSPS) is 12.7. The van der Waals surface area contributed by atoms with Crippen molar-refractivity contribution in [2.75, 3.05) is 11.9 Å². The molecular weight excluding hydrogens is 280 g/mol. The van der Waals surface area contributed by atoms with Crippen LogP contribution in [0.2, 0.25) is 5.15 Å². The van der Waals surface area contributed by atoms with Gasteiger partial charge in [-0.2, -0.15) is 0 Å². The van der Waals surface area contributed by atoms with Gasteiger partial charge in [0.1, 0.15) is 16.8 Å². The summed E-state index contributed by atoms with van der Waals surface area (Å²) in [5.41, 5.74) is 0. The number of thiazole rings is 1. The monoisotopic (exact) mass is 296 g/mol. The summed E-state index contributed by atoms with van der Waals surface area (Å²) < 4.78 is 0. The summed E-state index contributed by atoms with van der Waals surface area (Å²) in [6.07, 6.45) is 1.83. The highest BCUT2D eigenvalue weighted by molar-refractivity contribution is 7.09. The van der Waals surface area contributed by atoms with Crippen LogP contribution < -0.4 is 5.32 Å². The minimum atomic E-state index is 0.260. The Kier molecular flexibility index (Phi) is 4.71. The fraction of sp³-hybridized carbons (Fsp3) is 0.462. The first-order chi connectivity index (χ1) is 9.06. The van der Waals surface area contributed by atoms with Crippen LogP contribution in [0.1, 0.15) is 43.4 Å². The van der Waals surface area contributed by atoms with E-state index in [0.29, 0.717) is 11.1 Å². The molecule has 1 unspecified atom stereocenters. The van der Waals surface area contributed by atoms with Gasteiger partial charge >= 0.3 is 0 Å². The number of rotatable bonds is 5. The molecule has 6 heteroatoms. The smallest absolute Gasteiger partial charge is 0.135 e. The molecule has 0 saturated carbocycles. The zero-order valence-electron chi connectivity index (χ0n) is 11.2. The highest BCUT2D eigenvalue weighted by Gasteiger charge is 2.10. The van der Waals surface area contributed by atoms with E-state index in [0.717, 1.165) is 23.2 Å². The average Bonchev–Trinajstić information content (AvgIpc) is 2.89. The van der Waals surface area contributed by atoms with Gasteiger partial charge in [0.2, 0.25) is 0 Å². The summed E-state index contributed by atoms with van der Waals surface area (Å²) in [6.45, 7) is 7.01. The van der Waals surface area contributed by atoms with E-state index in [9.17, 15) is 0 Å². The first kappa shape index (κ1) is 14.2. The molecule has 0 aromatic carbocycles. The molecule has 0 spiro atoms. The number of nitrogens with zero attached hydrogens (tertiary/aromatic N) is 3. The van der Waals surface area contributed by atoms with Gasteiger partial charge in [-0.1, -0.05) is 32.4 Å². The fourth-order valence-corrected chi connectivity index (χ4v) is 2.50. The molecule has 2 aromatic rings. The van der Waals surface area contributed by atoms with Gasteiger partial charge in [-0.15, -0.1) is 11.3 Å². The molecule has 0 radical (unpaired) electrons. The Morgan fingerprint density at radius 1 is 1.32 bits per heavy atom. The lowest BCUT2D eigenvalue weighted by Crippen LogP contribution is -2.12. The highest BCUT2D eigenvalue weighted by atomic mass is 35.5. The molecule has 0 amide bonds. The maximum absolute atomic E-state index is 6.01. The third-order valence-corrected chi connectivity index (χ3v) is 3.89. The Morgan fingerprint density at radius 2 is 2.11 bits per heavy atom. The van der Waals surface area contributed by atoms with E-state index in [1.54, 1.807) is 17.4 Å². The molecule has 1 atom stereocenters. The van der Waals surface area contributed by atoms with Gasteiger partial charge in [0.15, 0.2) is 0 Å². The van der Waals surface area contributed by atoms with Crippen LogP contribution in [0, 0.1) is 0 Å². The largest absolute Gasteiger partial charge is 0.369 e. The van der Waals surface area contributed by atoms with Crippen molar-refractivity contribution in [3.63, 3.8) is 0 Å². The van der Waals surface area contributed by atoms with Gasteiger partial charge in [0.05, 0.1) is 5.01 Å². The third kappa shape index (κ3) is 3.88. The van der Waals surface area contributed by atoms with Crippen LogP contribution in [0.3, 0.4) is 0 Å². The van der Waals surface area contributed by atoms with Crippen LogP contribution >= 0.6 is 22.9 Å². The first-order valence-corrected chi connectivity index (χ1v) is 7.49. The molecule has 0 fully saturated rings. The summed E-state index contributed by atoms with van der Waals surface area (Å²) in [5.74, 6) is 2.14. The van der Waals surface area contributed by atoms with E-state index < -0.39 is 0 Å². The molecule has 0 bridgehead atoms. The van der Waals surface area contributed by atoms with Crippen molar-refractivity contribution in [1.29, 1.82) is 0 Å². The van der Waals surface area contributed by atoms with Gasteiger partial charge in [-0.3, -0.25) is 0 Å². The summed E-state index contributed by atoms with van der Waals surface area (Å²) >= 11 is 7.67. The molecule has 2 heterocycles. The lowest BCUT2D eigenvalue weighted by Gasteiger charge is -2.12. The molecule has 4 nitrogen and oxygen atoms in total. The van der Waals surface area contributed by atoms with Crippen molar-refractivity contribution in [1.82, 2.24) is 15.0 Å². The number of hydrogen-bond donors (Lipinski definition) is 1. The van der Waals surface area contributed by atoms with E-state index in [1.165, 1.54) is 0 Å². The van der Waals surface area contributed by atoms with E-state index in [1.807, 2.05) is 25.4 Å². The predicted molar refractivity (Wildman–Crippen MR) is 80.1 cm³/mol. The zero-order valence-corrected chi connectivity index (χ0v) is 12.8. The molecule has 102 valence electrons. The molecule has 0 saturated heterocycles. The van der Waals surface area contributed by atoms with Crippen molar-refractivity contribution in [3.05, 3.63) is 33.6 Å². The van der Waals surface area contributed by atoms with E-state index >= 15 is 0 Å². The van der Waals surface area contributed by atoms with Crippen molar-refractivity contribution in [2.45, 2.75) is 32.6 Å². The van der Waals surface area contributed by atoms with E-state index in [-0.39, 0.29) is 5.92 Å². The van der Waals surface area contributed by atoms with Gasteiger partial charge in [0.25, 0.3) is 0 Å². The number of hydrogen-bond acceptors (Lipinski definition) is 5. The second kappa shape index (κ2) is 6.30. The van der Waals surface area contributed by atoms with Crippen LogP contribution in [0.5, 0.6) is 0 Å². The Balaban J connectivity index is 2.03. The van der Waals surface area contributed by atoms with Crippen LogP contribution in [0.4, 0.5) is 5.82 Å². The molecule has 0 aliphatic rings. The quantitative estimate of drug-likeness (QED) is 0.850. The Hall–Kier alpha value is -1.20. The predicted octanol–water partition coefficient (Wildman–Crippen LogP) is 3.93. The average molecular weight is 297 g/mol. The molecule has 2 rings (SSSR count). The van der Waals surface area contributed by atoms with Crippen LogP contribution in [-0.4, -0.2) is 21.5 Å². The molecule has 2 aromatic heterocycles. The molecule has 19 heavy (non-hydrogen) atoms. The highest BCUT2D eigenvalue weighted by Crippen LogP contribution is 2.20. The van der Waals surface area contributed by atoms with Crippen LogP contribution in [-0.2, 0) is 0 Å². The lowest BCUT2D eigenvalue weighted by molar-refractivity contribution is 0.762. The molecule has 0 aliphatic heterocycles. The minimum Gasteiger partial charge on any atom is -0.369 e. The third-order valence-electron chi connectivity index (χ3n) is 2.69. The van der Waals surface area contributed by atoms with Crippen molar-refractivity contribution >= 4 is 28.8 Å². The molecular formula is C13H17ClN4S. The lowest BCUT2D eigenvalue weighted by atomic mass is 10.2. The topological polar surface area (TPSA) is 50.7 Å². The summed E-state index contributed by atoms with van der Waals surface area (Å²) in [6, 6.07) is 1.75. The van der Waals surface area contributed by atoms with Gasteiger partial charge < -0.3 is 5.32 Å². The van der Waals surface area contributed by atoms with Gasteiger partial charge in [-0.05, 0) is 0 Å². The van der Waals surface area contributed by atoms with Crippen molar-refractivity contribution in [3.8, 4) is 0 Å². The maximum Gasteiger partial charge on any atom is 0.135 e. The second-order valence-corrected chi connectivity index (χ2v) is 6.05. The van der Waals surface area contributed by atoms with Crippen molar-refractivity contribution < 1.29 is 0 Å². The summed E-state index contributed by atoms with van der Waals surface area (Å²) in [7, 11) is 0. The Labute approximate surface area is 122 Å². The Morgan fingerprint density at radius 3 is 2.74 bits per heavy atom. The first-order valence-electron chi connectivity index (χ1n) is 6.24. The standard InChI is InChI=1S/C13H17ClN4S/c1-8(2)12-17-10(14)6-11(18-12)16-7-9(3)13-15-4-5-19-13/h4-6,8-9H,7H2,1-3H3,(H,16,17,18). The van der Waals surface area contributed by atoms with Gasteiger partial charge in [-0.25, -0.2) is 15.0 Å². The zero-order chi connectivity index (χ0) is 13.8. The molecule has 1 N–H and O–H groups in total. The summed E-state index contributed by atoms with van der Waals surface area (Å²) in [4.78, 5) is 13.0. The van der Waals surface area contributed by atoms with Crippen molar-refractivity contribution in [2.24, 2.45) is 0 Å². The summed E-state index contributed by atoms with van der Waals surface area (Å²) in [5, 5.41) is 6.89. The number of nitrogens with one attached hydrogen (secondary N) is 1.